The predicted octanol–water partition coefficient (Wildman–Crippen LogP) is 2.70. The Hall–Kier alpha value is -1.46. The second-order valence-corrected chi connectivity index (χ2v) is 4.60. The van der Waals surface area contributed by atoms with E-state index in [-0.39, 0.29) is 0 Å². The summed E-state index contributed by atoms with van der Waals surface area (Å²) >= 11 is 1.66. The molecule has 4 nitrogen and oxygen atoms in total. The number of thiophene rings is 1. The summed E-state index contributed by atoms with van der Waals surface area (Å²) in [6.07, 6.45) is 0. The highest BCUT2D eigenvalue weighted by Gasteiger charge is 2.09. The van der Waals surface area contributed by atoms with Crippen molar-refractivity contribution < 1.29 is 4.74 Å². The van der Waals surface area contributed by atoms with Crippen LogP contribution in [0, 0.1) is 6.92 Å². The van der Waals surface area contributed by atoms with E-state index >= 15 is 0 Å². The first-order valence-corrected chi connectivity index (χ1v) is 6.21. The van der Waals surface area contributed by atoms with Crippen molar-refractivity contribution in [2.45, 2.75) is 13.5 Å². The van der Waals surface area contributed by atoms with Gasteiger partial charge in [-0.2, -0.15) is 0 Å². The molecule has 0 unspecified atom stereocenters. The standard InChI is InChI=1S/C12H15N3OS/c1-8-4-5-17-11(8)12-14-9(7-16-3)6-10(13-2)15-12/h4-6H,7H2,1-3H3,(H,13,14,15). The molecule has 0 fully saturated rings. The monoisotopic (exact) mass is 249 g/mol. The van der Waals surface area contributed by atoms with E-state index in [1.54, 1.807) is 18.4 Å². The number of hydrogen-bond acceptors (Lipinski definition) is 5. The van der Waals surface area contributed by atoms with Gasteiger partial charge in [0, 0.05) is 20.2 Å². The van der Waals surface area contributed by atoms with Crippen molar-refractivity contribution in [1.82, 2.24) is 9.97 Å². The molecule has 0 aliphatic rings. The summed E-state index contributed by atoms with van der Waals surface area (Å²) in [4.78, 5) is 10.1. The number of nitrogens with zero attached hydrogens (tertiary/aromatic N) is 2. The summed E-state index contributed by atoms with van der Waals surface area (Å²) in [6.45, 7) is 2.56. The molecule has 0 aliphatic heterocycles. The molecule has 0 atom stereocenters. The molecule has 0 saturated carbocycles. The number of ether oxygens (including phenoxy) is 1. The van der Waals surface area contributed by atoms with Crippen molar-refractivity contribution in [3.8, 4) is 10.7 Å². The normalized spacial score (nSPS) is 10.5. The van der Waals surface area contributed by atoms with E-state index in [9.17, 15) is 0 Å². The largest absolute Gasteiger partial charge is 0.378 e. The number of hydrogen-bond donors (Lipinski definition) is 1. The van der Waals surface area contributed by atoms with Gasteiger partial charge in [0.1, 0.15) is 5.82 Å². The number of anilines is 1. The van der Waals surface area contributed by atoms with Crippen LogP contribution in [-0.2, 0) is 11.3 Å². The summed E-state index contributed by atoms with van der Waals surface area (Å²) in [7, 11) is 3.52. The Morgan fingerprint density at radius 1 is 1.41 bits per heavy atom. The van der Waals surface area contributed by atoms with Gasteiger partial charge in [0.2, 0.25) is 0 Å². The quantitative estimate of drug-likeness (QED) is 0.905. The van der Waals surface area contributed by atoms with Crippen LogP contribution in [0.25, 0.3) is 10.7 Å². The molecule has 0 saturated heterocycles. The van der Waals surface area contributed by atoms with Gasteiger partial charge in [-0.3, -0.25) is 0 Å². The average Bonchev–Trinajstić information content (AvgIpc) is 2.75. The highest BCUT2D eigenvalue weighted by molar-refractivity contribution is 7.13. The lowest BCUT2D eigenvalue weighted by Crippen LogP contribution is -2.01. The third kappa shape index (κ3) is 2.62. The molecule has 1 N–H and O–H groups in total. The van der Waals surface area contributed by atoms with Crippen LogP contribution in [0.4, 0.5) is 5.82 Å². The highest BCUT2D eigenvalue weighted by Crippen LogP contribution is 2.27. The summed E-state index contributed by atoms with van der Waals surface area (Å²) < 4.78 is 5.12. The first-order chi connectivity index (χ1) is 8.24. The Kier molecular flexibility index (Phi) is 3.71. The number of methoxy groups -OCH3 is 1. The molecule has 0 amide bonds. The van der Waals surface area contributed by atoms with E-state index in [4.69, 9.17) is 4.74 Å². The average molecular weight is 249 g/mol. The lowest BCUT2D eigenvalue weighted by Gasteiger charge is -2.06. The van der Waals surface area contributed by atoms with Crippen LogP contribution in [0.3, 0.4) is 0 Å². The molecule has 17 heavy (non-hydrogen) atoms. The van der Waals surface area contributed by atoms with Gasteiger partial charge in [-0.15, -0.1) is 11.3 Å². The molecule has 2 heterocycles. The zero-order chi connectivity index (χ0) is 12.3. The summed E-state index contributed by atoms with van der Waals surface area (Å²) in [6, 6.07) is 3.97. The molecular weight excluding hydrogens is 234 g/mol. The topological polar surface area (TPSA) is 47.0 Å². The number of rotatable bonds is 4. The fourth-order valence-electron chi connectivity index (χ4n) is 1.55. The molecule has 0 spiro atoms. The Balaban J connectivity index is 2.46. The maximum Gasteiger partial charge on any atom is 0.172 e. The van der Waals surface area contributed by atoms with Crippen molar-refractivity contribution in [1.29, 1.82) is 0 Å². The molecular formula is C12H15N3OS. The lowest BCUT2D eigenvalue weighted by atomic mass is 10.2. The fraction of sp³-hybridized carbons (Fsp3) is 0.333. The molecule has 2 rings (SSSR count). The Morgan fingerprint density at radius 3 is 2.82 bits per heavy atom. The second kappa shape index (κ2) is 5.25. The van der Waals surface area contributed by atoms with Gasteiger partial charge in [-0.05, 0) is 23.9 Å². The maximum absolute atomic E-state index is 5.12. The molecule has 0 bridgehead atoms. The zero-order valence-corrected chi connectivity index (χ0v) is 11.0. The van der Waals surface area contributed by atoms with Gasteiger partial charge in [0.25, 0.3) is 0 Å². The Morgan fingerprint density at radius 2 is 2.24 bits per heavy atom. The van der Waals surface area contributed by atoms with E-state index in [2.05, 4.69) is 33.7 Å². The van der Waals surface area contributed by atoms with Crippen LogP contribution in [0.2, 0.25) is 0 Å². The number of nitrogens with one attached hydrogen (secondary N) is 1. The van der Waals surface area contributed by atoms with Crippen LogP contribution in [0.5, 0.6) is 0 Å². The third-order valence-corrected chi connectivity index (χ3v) is 3.41. The van der Waals surface area contributed by atoms with Gasteiger partial charge in [-0.1, -0.05) is 0 Å². The van der Waals surface area contributed by atoms with Crippen molar-refractivity contribution in [2.75, 3.05) is 19.5 Å². The molecule has 90 valence electrons. The van der Waals surface area contributed by atoms with Gasteiger partial charge >= 0.3 is 0 Å². The van der Waals surface area contributed by atoms with Crippen LogP contribution in [-0.4, -0.2) is 24.1 Å². The van der Waals surface area contributed by atoms with Crippen LogP contribution >= 0.6 is 11.3 Å². The highest BCUT2D eigenvalue weighted by atomic mass is 32.1. The summed E-state index contributed by atoms with van der Waals surface area (Å²) in [5, 5.41) is 5.10. The van der Waals surface area contributed by atoms with E-state index in [0.29, 0.717) is 6.61 Å². The molecule has 2 aromatic rings. The second-order valence-electron chi connectivity index (χ2n) is 3.68. The Labute approximate surface area is 105 Å². The molecule has 0 radical (unpaired) electrons. The van der Waals surface area contributed by atoms with E-state index in [1.807, 2.05) is 13.1 Å². The van der Waals surface area contributed by atoms with Crippen LogP contribution < -0.4 is 5.32 Å². The smallest absolute Gasteiger partial charge is 0.172 e. The molecule has 5 heteroatoms. The van der Waals surface area contributed by atoms with Crippen molar-refractivity contribution >= 4 is 17.2 Å². The van der Waals surface area contributed by atoms with Gasteiger partial charge < -0.3 is 10.1 Å². The maximum atomic E-state index is 5.12. The molecule has 0 aliphatic carbocycles. The SMILES string of the molecule is CNc1cc(COC)nc(-c2sccc2C)n1. The van der Waals surface area contributed by atoms with Crippen molar-refractivity contribution in [3.05, 3.63) is 28.8 Å². The van der Waals surface area contributed by atoms with Gasteiger partial charge in [0.05, 0.1) is 17.2 Å². The first kappa shape index (κ1) is 12.0. The van der Waals surface area contributed by atoms with Crippen molar-refractivity contribution in [3.63, 3.8) is 0 Å². The lowest BCUT2D eigenvalue weighted by molar-refractivity contribution is 0.181. The summed E-state index contributed by atoms with van der Waals surface area (Å²) in [5.41, 5.74) is 2.08. The number of aromatic nitrogens is 2. The molecule has 2 aromatic heterocycles. The van der Waals surface area contributed by atoms with Gasteiger partial charge in [-0.25, -0.2) is 9.97 Å². The predicted molar refractivity (Wildman–Crippen MR) is 70.3 cm³/mol. The van der Waals surface area contributed by atoms with Crippen LogP contribution in [0.1, 0.15) is 11.3 Å². The third-order valence-electron chi connectivity index (χ3n) is 2.39. The minimum absolute atomic E-state index is 0.495. The minimum Gasteiger partial charge on any atom is -0.378 e. The van der Waals surface area contributed by atoms with Gasteiger partial charge in [0.15, 0.2) is 5.82 Å². The van der Waals surface area contributed by atoms with E-state index in [1.165, 1.54) is 5.56 Å². The minimum atomic E-state index is 0.495. The fourth-order valence-corrected chi connectivity index (χ4v) is 2.41. The van der Waals surface area contributed by atoms with Crippen molar-refractivity contribution in [2.24, 2.45) is 0 Å². The first-order valence-electron chi connectivity index (χ1n) is 5.33. The summed E-state index contributed by atoms with van der Waals surface area (Å²) in [5.74, 6) is 1.58. The van der Waals surface area contributed by atoms with E-state index in [0.717, 1.165) is 22.2 Å². The molecule has 0 aromatic carbocycles. The van der Waals surface area contributed by atoms with E-state index < -0.39 is 0 Å². The van der Waals surface area contributed by atoms with Crippen LogP contribution in [0.15, 0.2) is 17.5 Å². The Bertz CT molecular complexity index is 510. The number of aryl methyl sites for hydroxylation is 1. The zero-order valence-electron chi connectivity index (χ0n) is 10.2.